The molecule has 6 nitrogen and oxygen atoms in total. The van der Waals surface area contributed by atoms with E-state index >= 15 is 0 Å². The maximum Gasteiger partial charge on any atom is 0.340 e. The Bertz CT molecular complexity index is 892. The van der Waals surface area contributed by atoms with Gasteiger partial charge in [-0.3, -0.25) is 9.59 Å². The highest BCUT2D eigenvalue weighted by atomic mass is 16.5. The van der Waals surface area contributed by atoms with Gasteiger partial charge in [-0.1, -0.05) is 38.1 Å². The molecule has 1 saturated heterocycles. The SMILES string of the molecule is CC[C@@H](C)c1ccc(NC(=O)COC(=O)c2ccccc2N2CCCC2=O)cc1. The van der Waals surface area contributed by atoms with E-state index in [1.54, 1.807) is 29.2 Å². The van der Waals surface area contributed by atoms with Crippen molar-refractivity contribution in [2.24, 2.45) is 0 Å². The number of rotatable bonds is 7. The summed E-state index contributed by atoms with van der Waals surface area (Å²) in [6, 6.07) is 14.5. The Morgan fingerprint density at radius 3 is 2.52 bits per heavy atom. The minimum atomic E-state index is -0.623. The van der Waals surface area contributed by atoms with Crippen LogP contribution in [0.15, 0.2) is 48.5 Å². The van der Waals surface area contributed by atoms with Crippen molar-refractivity contribution in [3.63, 3.8) is 0 Å². The molecule has 0 unspecified atom stereocenters. The van der Waals surface area contributed by atoms with Crippen LogP contribution in [0.3, 0.4) is 0 Å². The fourth-order valence-electron chi connectivity index (χ4n) is 3.32. The first-order valence-electron chi connectivity index (χ1n) is 9.96. The summed E-state index contributed by atoms with van der Waals surface area (Å²) in [7, 11) is 0. The van der Waals surface area contributed by atoms with Gasteiger partial charge in [-0.25, -0.2) is 4.79 Å². The molecule has 0 spiro atoms. The molecule has 0 bridgehead atoms. The second kappa shape index (κ2) is 9.37. The van der Waals surface area contributed by atoms with Crippen molar-refractivity contribution >= 4 is 29.2 Å². The summed E-state index contributed by atoms with van der Waals surface area (Å²) in [6.07, 6.45) is 2.29. The summed E-state index contributed by atoms with van der Waals surface area (Å²) < 4.78 is 5.19. The van der Waals surface area contributed by atoms with E-state index in [2.05, 4.69) is 19.2 Å². The van der Waals surface area contributed by atoms with E-state index in [0.29, 0.717) is 30.3 Å². The normalized spacial score (nSPS) is 14.6. The summed E-state index contributed by atoms with van der Waals surface area (Å²) in [5.74, 6) is -0.584. The molecular weight excluding hydrogens is 368 g/mol. The van der Waals surface area contributed by atoms with Crippen LogP contribution in [0.1, 0.15) is 54.9 Å². The zero-order chi connectivity index (χ0) is 20.8. The minimum Gasteiger partial charge on any atom is -0.452 e. The van der Waals surface area contributed by atoms with Crippen LogP contribution in [0.2, 0.25) is 0 Å². The Labute approximate surface area is 170 Å². The highest BCUT2D eigenvalue weighted by Gasteiger charge is 2.26. The van der Waals surface area contributed by atoms with Gasteiger partial charge in [0, 0.05) is 18.7 Å². The number of benzene rings is 2. The van der Waals surface area contributed by atoms with Gasteiger partial charge in [0.25, 0.3) is 5.91 Å². The summed E-state index contributed by atoms with van der Waals surface area (Å²) in [4.78, 5) is 38.3. The average Bonchev–Trinajstić information content (AvgIpc) is 3.17. The van der Waals surface area contributed by atoms with E-state index in [4.69, 9.17) is 4.74 Å². The van der Waals surface area contributed by atoms with Crippen molar-refractivity contribution < 1.29 is 19.1 Å². The van der Waals surface area contributed by atoms with Gasteiger partial charge >= 0.3 is 5.97 Å². The maximum atomic E-state index is 12.5. The molecule has 1 aliphatic rings. The van der Waals surface area contributed by atoms with Crippen molar-refractivity contribution in [2.45, 2.75) is 39.0 Å². The van der Waals surface area contributed by atoms with Gasteiger partial charge in [0.1, 0.15) is 0 Å². The zero-order valence-corrected chi connectivity index (χ0v) is 16.8. The summed E-state index contributed by atoms with van der Waals surface area (Å²) in [5, 5.41) is 2.73. The predicted molar refractivity (Wildman–Crippen MR) is 112 cm³/mol. The quantitative estimate of drug-likeness (QED) is 0.717. The maximum absolute atomic E-state index is 12.5. The smallest absolute Gasteiger partial charge is 0.340 e. The van der Waals surface area contributed by atoms with Gasteiger partial charge < -0.3 is 15.0 Å². The standard InChI is InChI=1S/C23H26N2O4/c1-3-16(2)17-10-12-18(13-11-17)24-21(26)15-29-23(28)19-7-4-5-8-20(19)25-14-6-9-22(25)27/h4-5,7-8,10-13,16H,3,6,9,14-15H2,1-2H3,(H,24,26)/t16-/m1/s1. The lowest BCUT2D eigenvalue weighted by molar-refractivity contribution is -0.119. The van der Waals surface area contributed by atoms with E-state index < -0.39 is 18.5 Å². The van der Waals surface area contributed by atoms with Crippen molar-refractivity contribution in [2.75, 3.05) is 23.4 Å². The minimum absolute atomic E-state index is 0.0103. The fourth-order valence-corrected chi connectivity index (χ4v) is 3.32. The molecule has 0 aliphatic carbocycles. The lowest BCUT2D eigenvalue weighted by atomic mass is 9.99. The number of ether oxygens (including phenoxy) is 1. The first-order chi connectivity index (χ1) is 14.0. The Morgan fingerprint density at radius 2 is 1.86 bits per heavy atom. The molecule has 2 aromatic carbocycles. The summed E-state index contributed by atoms with van der Waals surface area (Å²) in [5.41, 5.74) is 2.68. The Hall–Kier alpha value is -3.15. The third-order valence-electron chi connectivity index (χ3n) is 5.20. The predicted octanol–water partition coefficient (Wildman–Crippen LogP) is 4.12. The van der Waals surface area contributed by atoms with Crippen molar-refractivity contribution in [3.8, 4) is 0 Å². The lowest BCUT2D eigenvalue weighted by Gasteiger charge is -2.18. The van der Waals surface area contributed by atoms with Crippen LogP contribution < -0.4 is 10.2 Å². The van der Waals surface area contributed by atoms with E-state index in [1.165, 1.54) is 5.56 Å². The van der Waals surface area contributed by atoms with E-state index in [9.17, 15) is 14.4 Å². The molecule has 29 heavy (non-hydrogen) atoms. The molecule has 2 aromatic rings. The lowest BCUT2D eigenvalue weighted by Crippen LogP contribution is -2.27. The number of nitrogens with zero attached hydrogens (tertiary/aromatic N) is 1. The van der Waals surface area contributed by atoms with Crippen LogP contribution in [-0.2, 0) is 14.3 Å². The first kappa shape index (κ1) is 20.6. The van der Waals surface area contributed by atoms with E-state index in [0.717, 1.165) is 12.8 Å². The average molecular weight is 394 g/mol. The van der Waals surface area contributed by atoms with Gasteiger partial charge in [-0.2, -0.15) is 0 Å². The molecule has 6 heteroatoms. The number of hydrogen-bond donors (Lipinski definition) is 1. The van der Waals surface area contributed by atoms with E-state index in [-0.39, 0.29) is 11.5 Å². The topological polar surface area (TPSA) is 75.7 Å². The Kier molecular flexibility index (Phi) is 6.65. The number of carbonyl (C=O) groups is 3. The molecule has 152 valence electrons. The highest BCUT2D eigenvalue weighted by Crippen LogP contribution is 2.26. The summed E-state index contributed by atoms with van der Waals surface area (Å²) in [6.45, 7) is 4.47. The molecule has 0 radical (unpaired) electrons. The monoisotopic (exact) mass is 394 g/mol. The third kappa shape index (κ3) is 5.02. The number of para-hydroxylation sites is 1. The second-order valence-electron chi connectivity index (χ2n) is 7.22. The number of anilines is 2. The fraction of sp³-hybridized carbons (Fsp3) is 0.348. The number of hydrogen-bond acceptors (Lipinski definition) is 4. The van der Waals surface area contributed by atoms with Gasteiger partial charge in [0.2, 0.25) is 5.91 Å². The molecule has 0 aromatic heterocycles. The number of nitrogens with one attached hydrogen (secondary N) is 1. The molecular formula is C23H26N2O4. The molecule has 1 N–H and O–H groups in total. The van der Waals surface area contributed by atoms with Gasteiger partial charge in [0.05, 0.1) is 11.3 Å². The molecule has 1 atom stereocenters. The number of esters is 1. The van der Waals surface area contributed by atoms with Gasteiger partial charge in [-0.05, 0) is 48.6 Å². The molecule has 3 rings (SSSR count). The molecule has 0 saturated carbocycles. The van der Waals surface area contributed by atoms with Gasteiger partial charge in [-0.15, -0.1) is 0 Å². The van der Waals surface area contributed by atoms with Crippen LogP contribution in [0, 0.1) is 0 Å². The van der Waals surface area contributed by atoms with E-state index in [1.807, 2.05) is 24.3 Å². The molecule has 1 aliphatic heterocycles. The highest BCUT2D eigenvalue weighted by molar-refractivity contribution is 6.04. The second-order valence-corrected chi connectivity index (χ2v) is 7.22. The van der Waals surface area contributed by atoms with Gasteiger partial charge in [0.15, 0.2) is 6.61 Å². The van der Waals surface area contributed by atoms with Crippen LogP contribution in [0.4, 0.5) is 11.4 Å². The number of carbonyl (C=O) groups excluding carboxylic acids is 3. The third-order valence-corrected chi connectivity index (χ3v) is 5.20. The largest absolute Gasteiger partial charge is 0.452 e. The zero-order valence-electron chi connectivity index (χ0n) is 16.8. The van der Waals surface area contributed by atoms with Crippen molar-refractivity contribution in [1.82, 2.24) is 0 Å². The van der Waals surface area contributed by atoms with Crippen LogP contribution in [0.5, 0.6) is 0 Å². The van der Waals surface area contributed by atoms with Crippen molar-refractivity contribution in [1.29, 1.82) is 0 Å². The van der Waals surface area contributed by atoms with Crippen LogP contribution >= 0.6 is 0 Å². The van der Waals surface area contributed by atoms with Crippen LogP contribution in [0.25, 0.3) is 0 Å². The Balaban J connectivity index is 1.58. The Morgan fingerprint density at radius 1 is 1.14 bits per heavy atom. The molecule has 2 amide bonds. The van der Waals surface area contributed by atoms with Crippen LogP contribution in [-0.4, -0.2) is 30.9 Å². The summed E-state index contributed by atoms with van der Waals surface area (Å²) >= 11 is 0. The molecule has 1 fully saturated rings. The number of amides is 2. The van der Waals surface area contributed by atoms with Crippen molar-refractivity contribution in [3.05, 3.63) is 59.7 Å². The first-order valence-corrected chi connectivity index (χ1v) is 9.96. The molecule has 1 heterocycles.